The van der Waals surface area contributed by atoms with Crippen molar-refractivity contribution < 1.29 is 0 Å². The second kappa shape index (κ2) is 4.41. The Morgan fingerprint density at radius 1 is 1.00 bits per heavy atom. The summed E-state index contributed by atoms with van der Waals surface area (Å²) < 4.78 is 0. The number of nitrogens with zero attached hydrogens (tertiary/aromatic N) is 3. The lowest BCUT2D eigenvalue weighted by molar-refractivity contribution is 1.17. The van der Waals surface area contributed by atoms with Crippen molar-refractivity contribution in [2.45, 2.75) is 6.92 Å². The van der Waals surface area contributed by atoms with E-state index in [2.05, 4.69) is 51.1 Å². The second-order valence-corrected chi connectivity index (χ2v) is 4.12. The van der Waals surface area contributed by atoms with Gasteiger partial charge < -0.3 is 4.98 Å². The van der Waals surface area contributed by atoms with Crippen molar-refractivity contribution in [1.29, 1.82) is 0 Å². The largest absolute Gasteiger partial charge is 0.345 e. The fourth-order valence-electron chi connectivity index (χ4n) is 1.87. The highest BCUT2D eigenvalue weighted by Gasteiger charge is 2.09. The van der Waals surface area contributed by atoms with Gasteiger partial charge in [-0.15, -0.1) is 0 Å². The summed E-state index contributed by atoms with van der Waals surface area (Å²) in [5.41, 5.74) is 5.10. The molecule has 88 valence electrons. The Kier molecular flexibility index (Phi) is 2.61. The quantitative estimate of drug-likeness (QED) is 0.744. The molecule has 2 heterocycles. The predicted octanol–water partition coefficient (Wildman–Crippen LogP) is 2.84. The van der Waals surface area contributed by atoms with Crippen molar-refractivity contribution in [3.8, 4) is 22.5 Å². The zero-order valence-electron chi connectivity index (χ0n) is 9.96. The van der Waals surface area contributed by atoms with E-state index in [0.717, 1.165) is 22.5 Å². The smallest absolute Gasteiger partial charge is 0.116 e. The third-order valence-electron chi connectivity index (χ3n) is 2.83. The summed E-state index contributed by atoms with van der Waals surface area (Å²) in [4.78, 5) is 15.6. The van der Waals surface area contributed by atoms with Crippen LogP contribution in [0.5, 0.6) is 0 Å². The predicted molar refractivity (Wildman–Crippen MR) is 69.8 cm³/mol. The molecule has 0 radical (unpaired) electrons. The second-order valence-electron chi connectivity index (χ2n) is 4.12. The monoisotopic (exact) mass is 236 g/mol. The highest BCUT2D eigenvalue weighted by atomic mass is 14.9. The molecule has 0 aliphatic heterocycles. The van der Waals surface area contributed by atoms with Crippen LogP contribution in [-0.4, -0.2) is 19.9 Å². The summed E-state index contributed by atoms with van der Waals surface area (Å²) in [5, 5.41) is 0. The van der Waals surface area contributed by atoms with Gasteiger partial charge >= 0.3 is 0 Å². The molecule has 3 aromatic rings. The van der Waals surface area contributed by atoms with Crippen LogP contribution in [-0.2, 0) is 0 Å². The fraction of sp³-hybridized carbons (Fsp3) is 0.0714. The first-order valence-electron chi connectivity index (χ1n) is 5.70. The molecule has 0 saturated heterocycles. The van der Waals surface area contributed by atoms with Crippen molar-refractivity contribution in [1.82, 2.24) is 19.9 Å². The first-order valence-corrected chi connectivity index (χ1v) is 5.70. The van der Waals surface area contributed by atoms with E-state index in [-0.39, 0.29) is 0 Å². The highest BCUT2D eigenvalue weighted by molar-refractivity contribution is 5.77. The molecule has 1 N–H and O–H groups in total. The maximum atomic E-state index is 4.38. The van der Waals surface area contributed by atoms with E-state index in [4.69, 9.17) is 0 Å². The van der Waals surface area contributed by atoms with Gasteiger partial charge in [0, 0.05) is 17.3 Å². The molecule has 0 aliphatic carbocycles. The maximum Gasteiger partial charge on any atom is 0.116 e. The number of aromatic amines is 1. The number of imidazole rings is 1. The number of hydrogen-bond acceptors (Lipinski definition) is 3. The highest BCUT2D eigenvalue weighted by Crippen LogP contribution is 2.27. The van der Waals surface area contributed by atoms with Crippen LogP contribution in [0.4, 0.5) is 0 Å². The van der Waals surface area contributed by atoms with Gasteiger partial charge in [-0.05, 0) is 6.92 Å². The van der Waals surface area contributed by atoms with E-state index in [1.807, 2.05) is 0 Å². The van der Waals surface area contributed by atoms with Crippen LogP contribution in [0.15, 0.2) is 49.3 Å². The van der Waals surface area contributed by atoms with Gasteiger partial charge in [0.05, 0.1) is 23.9 Å². The van der Waals surface area contributed by atoms with Crippen LogP contribution in [0, 0.1) is 6.92 Å². The summed E-state index contributed by atoms with van der Waals surface area (Å²) in [6, 6.07) is 8.29. The van der Waals surface area contributed by atoms with Crippen molar-refractivity contribution in [2.24, 2.45) is 0 Å². The Morgan fingerprint density at radius 3 is 2.56 bits per heavy atom. The normalized spacial score (nSPS) is 10.5. The minimum absolute atomic E-state index is 0.911. The molecule has 0 amide bonds. The standard InChI is InChI=1S/C14H12N4/c1-10-2-4-11(5-3-10)14-12(6-15-9-18-14)13-7-16-8-17-13/h2-9H,1H3,(H,16,17). The van der Waals surface area contributed by atoms with Crippen molar-refractivity contribution in [2.75, 3.05) is 0 Å². The summed E-state index contributed by atoms with van der Waals surface area (Å²) in [5.74, 6) is 0. The summed E-state index contributed by atoms with van der Waals surface area (Å²) >= 11 is 0. The third-order valence-corrected chi connectivity index (χ3v) is 2.83. The van der Waals surface area contributed by atoms with E-state index in [1.54, 1.807) is 25.0 Å². The molecular weight excluding hydrogens is 224 g/mol. The van der Waals surface area contributed by atoms with Gasteiger partial charge in [0.2, 0.25) is 0 Å². The first kappa shape index (κ1) is 10.7. The molecule has 18 heavy (non-hydrogen) atoms. The molecule has 0 unspecified atom stereocenters. The SMILES string of the molecule is Cc1ccc(-c2ncncc2-c2cnc[nH]2)cc1. The Labute approximate surface area is 105 Å². The molecular formula is C14H12N4. The first-order chi connectivity index (χ1) is 8.84. The van der Waals surface area contributed by atoms with Gasteiger partial charge in [-0.2, -0.15) is 0 Å². The fourth-order valence-corrected chi connectivity index (χ4v) is 1.87. The van der Waals surface area contributed by atoms with Gasteiger partial charge in [0.25, 0.3) is 0 Å². The topological polar surface area (TPSA) is 54.5 Å². The molecule has 0 atom stereocenters. The van der Waals surface area contributed by atoms with Crippen LogP contribution in [0.1, 0.15) is 5.56 Å². The number of H-pyrrole nitrogens is 1. The number of aryl methyl sites for hydroxylation is 1. The van der Waals surface area contributed by atoms with Gasteiger partial charge in [-0.1, -0.05) is 29.8 Å². The summed E-state index contributed by atoms with van der Waals surface area (Å²) in [6.45, 7) is 2.07. The van der Waals surface area contributed by atoms with Crippen LogP contribution >= 0.6 is 0 Å². The molecule has 0 fully saturated rings. The molecule has 3 rings (SSSR count). The molecule has 0 spiro atoms. The number of aromatic nitrogens is 4. The molecule has 4 heteroatoms. The number of rotatable bonds is 2. The maximum absolute atomic E-state index is 4.38. The van der Waals surface area contributed by atoms with E-state index in [1.165, 1.54) is 5.56 Å². The lowest BCUT2D eigenvalue weighted by Gasteiger charge is -2.06. The van der Waals surface area contributed by atoms with E-state index >= 15 is 0 Å². The molecule has 0 bridgehead atoms. The van der Waals surface area contributed by atoms with Gasteiger partial charge in [0.15, 0.2) is 0 Å². The van der Waals surface area contributed by atoms with E-state index < -0.39 is 0 Å². The minimum Gasteiger partial charge on any atom is -0.345 e. The third kappa shape index (κ3) is 1.88. The van der Waals surface area contributed by atoms with Gasteiger partial charge in [-0.25, -0.2) is 15.0 Å². The minimum atomic E-state index is 0.911. The van der Waals surface area contributed by atoms with Crippen molar-refractivity contribution in [3.05, 3.63) is 54.9 Å². The van der Waals surface area contributed by atoms with Crippen LogP contribution in [0.2, 0.25) is 0 Å². The Morgan fingerprint density at radius 2 is 1.83 bits per heavy atom. The van der Waals surface area contributed by atoms with Crippen LogP contribution < -0.4 is 0 Å². The van der Waals surface area contributed by atoms with Crippen molar-refractivity contribution in [3.63, 3.8) is 0 Å². The number of benzene rings is 1. The Bertz CT molecular complexity index is 642. The average molecular weight is 236 g/mol. The molecule has 1 aromatic carbocycles. The Hall–Kier alpha value is -2.49. The number of hydrogen-bond donors (Lipinski definition) is 1. The average Bonchev–Trinajstić information content (AvgIpc) is 2.93. The zero-order chi connectivity index (χ0) is 12.4. The van der Waals surface area contributed by atoms with Gasteiger partial charge in [-0.3, -0.25) is 0 Å². The van der Waals surface area contributed by atoms with Gasteiger partial charge in [0.1, 0.15) is 6.33 Å². The molecule has 0 aliphatic rings. The summed E-state index contributed by atoms with van der Waals surface area (Å²) in [7, 11) is 0. The van der Waals surface area contributed by atoms with Crippen molar-refractivity contribution >= 4 is 0 Å². The summed E-state index contributed by atoms with van der Waals surface area (Å²) in [6.07, 6.45) is 6.79. The lowest BCUT2D eigenvalue weighted by Crippen LogP contribution is -1.91. The van der Waals surface area contributed by atoms with E-state index in [9.17, 15) is 0 Å². The molecule has 0 saturated carbocycles. The van der Waals surface area contributed by atoms with Crippen LogP contribution in [0.3, 0.4) is 0 Å². The molecule has 4 nitrogen and oxygen atoms in total. The molecule has 2 aromatic heterocycles. The zero-order valence-corrected chi connectivity index (χ0v) is 9.96. The van der Waals surface area contributed by atoms with E-state index in [0.29, 0.717) is 0 Å². The Balaban J connectivity index is 2.15. The van der Waals surface area contributed by atoms with Crippen LogP contribution in [0.25, 0.3) is 22.5 Å². The number of nitrogens with one attached hydrogen (secondary N) is 1. The lowest BCUT2D eigenvalue weighted by atomic mass is 10.0.